The maximum atomic E-state index is 13.1. The summed E-state index contributed by atoms with van der Waals surface area (Å²) in [4.78, 5) is 3.72. The Kier molecular flexibility index (Phi) is 3.67. The van der Waals surface area contributed by atoms with Crippen molar-refractivity contribution in [3.05, 3.63) is 22.6 Å². The molecule has 78 valence electrons. The number of rotatable bonds is 3. The van der Waals surface area contributed by atoms with E-state index in [1.165, 1.54) is 12.3 Å². The molecule has 1 aromatic rings. The Morgan fingerprint density at radius 3 is 2.79 bits per heavy atom. The van der Waals surface area contributed by atoms with Gasteiger partial charge in [0.05, 0.1) is 0 Å². The van der Waals surface area contributed by atoms with Crippen molar-refractivity contribution in [2.75, 3.05) is 19.7 Å². The van der Waals surface area contributed by atoms with Crippen LogP contribution in [0, 0.1) is 5.82 Å². The van der Waals surface area contributed by atoms with Gasteiger partial charge in [-0.15, -0.1) is 0 Å². The summed E-state index contributed by atoms with van der Waals surface area (Å²) in [5.74, 6) is -0.676. The van der Waals surface area contributed by atoms with Crippen molar-refractivity contribution in [2.45, 2.75) is 0 Å². The van der Waals surface area contributed by atoms with Crippen LogP contribution in [0.25, 0.3) is 0 Å². The molecular weight excluding hydrogens is 272 g/mol. The molecule has 0 aliphatic rings. The van der Waals surface area contributed by atoms with Crippen LogP contribution in [0.5, 0.6) is 5.88 Å². The average molecular weight is 282 g/mol. The SMILES string of the molecule is CP(C)(=O)COc1ncc(Br)cc1F. The first-order valence-corrected chi connectivity index (χ1v) is 7.44. The van der Waals surface area contributed by atoms with Crippen LogP contribution >= 0.6 is 23.1 Å². The zero-order valence-electron chi connectivity index (χ0n) is 7.83. The van der Waals surface area contributed by atoms with Crippen LogP contribution in [0.15, 0.2) is 16.7 Å². The van der Waals surface area contributed by atoms with Crippen LogP contribution in [-0.2, 0) is 4.57 Å². The fourth-order valence-corrected chi connectivity index (χ4v) is 1.46. The minimum absolute atomic E-state index is 0.00144. The summed E-state index contributed by atoms with van der Waals surface area (Å²) >= 11 is 3.07. The molecule has 1 rings (SSSR count). The fraction of sp³-hybridized carbons (Fsp3) is 0.375. The predicted molar refractivity (Wildman–Crippen MR) is 56.8 cm³/mol. The molecule has 0 aliphatic carbocycles. The summed E-state index contributed by atoms with van der Waals surface area (Å²) in [6, 6.07) is 1.25. The van der Waals surface area contributed by atoms with Crippen LogP contribution < -0.4 is 4.74 Å². The third kappa shape index (κ3) is 3.76. The molecule has 0 unspecified atom stereocenters. The van der Waals surface area contributed by atoms with E-state index in [2.05, 4.69) is 20.9 Å². The van der Waals surface area contributed by atoms with Crippen molar-refractivity contribution in [3.8, 4) is 5.88 Å². The van der Waals surface area contributed by atoms with E-state index < -0.39 is 13.0 Å². The average Bonchev–Trinajstić information content (AvgIpc) is 2.00. The predicted octanol–water partition coefficient (Wildman–Crippen LogP) is 2.94. The Morgan fingerprint density at radius 2 is 2.29 bits per heavy atom. The van der Waals surface area contributed by atoms with Crippen molar-refractivity contribution >= 4 is 23.1 Å². The van der Waals surface area contributed by atoms with Gasteiger partial charge in [-0.1, -0.05) is 0 Å². The van der Waals surface area contributed by atoms with Crippen molar-refractivity contribution < 1.29 is 13.7 Å². The van der Waals surface area contributed by atoms with E-state index in [0.717, 1.165) is 0 Å². The van der Waals surface area contributed by atoms with Gasteiger partial charge >= 0.3 is 0 Å². The first-order chi connectivity index (χ1) is 6.38. The third-order valence-corrected chi connectivity index (χ3v) is 2.47. The molecule has 3 nitrogen and oxygen atoms in total. The second kappa shape index (κ2) is 4.41. The highest BCUT2D eigenvalue weighted by Gasteiger charge is 2.11. The molecule has 0 saturated carbocycles. The summed E-state index contributed by atoms with van der Waals surface area (Å²) in [5, 5.41) is 0. The minimum atomic E-state index is -2.30. The number of ether oxygens (including phenoxy) is 1. The summed E-state index contributed by atoms with van der Waals surface area (Å²) in [5.41, 5.74) is 0. The highest BCUT2D eigenvalue weighted by molar-refractivity contribution is 9.10. The van der Waals surface area contributed by atoms with E-state index in [1.54, 1.807) is 13.3 Å². The van der Waals surface area contributed by atoms with Crippen molar-refractivity contribution in [3.63, 3.8) is 0 Å². The van der Waals surface area contributed by atoms with Crippen molar-refractivity contribution in [1.29, 1.82) is 0 Å². The molecule has 0 aromatic carbocycles. The molecule has 0 aliphatic heterocycles. The van der Waals surface area contributed by atoms with Crippen LogP contribution in [0.4, 0.5) is 4.39 Å². The van der Waals surface area contributed by atoms with Gasteiger partial charge in [0.1, 0.15) is 13.5 Å². The first-order valence-electron chi connectivity index (χ1n) is 3.86. The molecule has 0 amide bonds. The number of hydrogen-bond acceptors (Lipinski definition) is 3. The van der Waals surface area contributed by atoms with E-state index in [1.807, 2.05) is 0 Å². The molecular formula is C8H10BrFNO2P. The lowest BCUT2D eigenvalue weighted by Crippen LogP contribution is -2.01. The first kappa shape index (κ1) is 11.7. The molecule has 6 heteroatoms. The number of aromatic nitrogens is 1. The number of nitrogens with zero attached hydrogens (tertiary/aromatic N) is 1. The number of halogens is 2. The maximum Gasteiger partial charge on any atom is 0.250 e. The lowest BCUT2D eigenvalue weighted by molar-refractivity contribution is 0.340. The molecule has 1 heterocycles. The topological polar surface area (TPSA) is 39.2 Å². The lowest BCUT2D eigenvalue weighted by atomic mass is 10.5. The Labute approximate surface area is 90.2 Å². The number of pyridine rings is 1. The molecule has 0 fully saturated rings. The second-order valence-electron chi connectivity index (χ2n) is 3.29. The van der Waals surface area contributed by atoms with E-state index in [-0.39, 0.29) is 12.2 Å². The van der Waals surface area contributed by atoms with Gasteiger partial charge in [-0.2, -0.15) is 0 Å². The van der Waals surface area contributed by atoms with Gasteiger partial charge in [-0.05, 0) is 35.3 Å². The van der Waals surface area contributed by atoms with Crippen molar-refractivity contribution in [2.24, 2.45) is 0 Å². The summed E-state index contributed by atoms with van der Waals surface area (Å²) in [6.45, 7) is 3.15. The molecule has 1 aromatic heterocycles. The lowest BCUT2D eigenvalue weighted by Gasteiger charge is -2.08. The Morgan fingerprint density at radius 1 is 1.64 bits per heavy atom. The highest BCUT2D eigenvalue weighted by atomic mass is 79.9. The van der Waals surface area contributed by atoms with Gasteiger partial charge in [-0.3, -0.25) is 0 Å². The zero-order valence-corrected chi connectivity index (χ0v) is 10.3. The second-order valence-corrected chi connectivity index (χ2v) is 7.61. The Hall–Kier alpha value is -0.410. The van der Waals surface area contributed by atoms with Gasteiger partial charge in [0.15, 0.2) is 5.82 Å². The maximum absolute atomic E-state index is 13.1. The van der Waals surface area contributed by atoms with E-state index in [0.29, 0.717) is 4.47 Å². The quantitative estimate of drug-likeness (QED) is 0.800. The Balaban J connectivity index is 2.73. The van der Waals surface area contributed by atoms with Gasteiger partial charge in [0, 0.05) is 10.7 Å². The summed E-state index contributed by atoms with van der Waals surface area (Å²) in [7, 11) is -2.30. The zero-order chi connectivity index (χ0) is 10.8. The van der Waals surface area contributed by atoms with Gasteiger partial charge in [0.25, 0.3) is 5.88 Å². The van der Waals surface area contributed by atoms with Crippen LogP contribution in [0.2, 0.25) is 0 Å². The van der Waals surface area contributed by atoms with Crippen molar-refractivity contribution in [1.82, 2.24) is 4.98 Å². The van der Waals surface area contributed by atoms with Crippen LogP contribution in [0.3, 0.4) is 0 Å². The van der Waals surface area contributed by atoms with Crippen LogP contribution in [-0.4, -0.2) is 24.7 Å². The van der Waals surface area contributed by atoms with Gasteiger partial charge in [-0.25, -0.2) is 9.37 Å². The molecule has 0 radical (unpaired) electrons. The normalized spacial score (nSPS) is 11.4. The van der Waals surface area contributed by atoms with Crippen LogP contribution in [0.1, 0.15) is 0 Å². The van der Waals surface area contributed by atoms with Gasteiger partial charge in [0.2, 0.25) is 0 Å². The van der Waals surface area contributed by atoms with Gasteiger partial charge < -0.3 is 9.30 Å². The minimum Gasteiger partial charge on any atom is -0.468 e. The fourth-order valence-electron chi connectivity index (χ4n) is 0.725. The van der Waals surface area contributed by atoms with E-state index in [4.69, 9.17) is 4.74 Å². The summed E-state index contributed by atoms with van der Waals surface area (Å²) in [6.07, 6.45) is 1.42. The standard InChI is InChI=1S/C8H10BrFNO2P/c1-14(2,12)5-13-8-7(10)3-6(9)4-11-8/h3-4H,5H2,1-2H3. The smallest absolute Gasteiger partial charge is 0.250 e. The number of hydrogen-bond donors (Lipinski definition) is 0. The molecule has 0 bridgehead atoms. The molecule has 14 heavy (non-hydrogen) atoms. The largest absolute Gasteiger partial charge is 0.468 e. The highest BCUT2D eigenvalue weighted by Crippen LogP contribution is 2.36. The monoisotopic (exact) mass is 281 g/mol. The summed E-state index contributed by atoms with van der Waals surface area (Å²) < 4.78 is 29.9. The molecule has 0 saturated heterocycles. The third-order valence-electron chi connectivity index (χ3n) is 1.29. The molecule has 0 atom stereocenters. The molecule has 0 spiro atoms. The van der Waals surface area contributed by atoms with E-state index >= 15 is 0 Å². The Bertz CT molecular complexity index is 380. The van der Waals surface area contributed by atoms with E-state index in [9.17, 15) is 8.96 Å². The molecule has 0 N–H and O–H groups in total.